The van der Waals surface area contributed by atoms with Gasteiger partial charge in [-0.3, -0.25) is 19.3 Å². The van der Waals surface area contributed by atoms with Crippen molar-refractivity contribution in [3.8, 4) is 0 Å². The molecule has 1 aliphatic carbocycles. The molecule has 0 unspecified atom stereocenters. The molecule has 1 amide bonds. The Bertz CT molecular complexity index is 2130. The number of rotatable bonds is 11. The fourth-order valence-corrected chi connectivity index (χ4v) is 6.92. The Balaban J connectivity index is 1.34. The third-order valence-electron chi connectivity index (χ3n) is 9.37. The molecule has 5 aromatic rings. The van der Waals surface area contributed by atoms with Crippen molar-refractivity contribution >= 4 is 56.0 Å². The van der Waals surface area contributed by atoms with E-state index in [-0.39, 0.29) is 27.6 Å². The first-order valence-electron chi connectivity index (χ1n) is 16.5. The zero-order chi connectivity index (χ0) is 32.7. The second kappa shape index (κ2) is 13.1. The van der Waals surface area contributed by atoms with Crippen molar-refractivity contribution in [2.75, 3.05) is 71.9 Å². The van der Waals surface area contributed by atoms with Crippen LogP contribution in [0.4, 0.5) is 10.1 Å². The molecular weight excluding hydrogens is 601 g/mol. The average Bonchev–Trinajstić information content (AvgIpc) is 3.34. The number of aryl methyl sites for hydroxylation is 1. The molecule has 1 saturated heterocycles. The summed E-state index contributed by atoms with van der Waals surface area (Å²) in [5.74, 6) is -1.16. The highest BCUT2D eigenvalue weighted by molar-refractivity contribution is 6.08. The summed E-state index contributed by atoms with van der Waals surface area (Å²) in [5.41, 5.74) is 2.58. The summed E-state index contributed by atoms with van der Waals surface area (Å²) in [5, 5.41) is 7.51. The number of hydrogen-bond donors (Lipinski definition) is 2. The number of anilines is 1. The molecule has 2 aliphatic rings. The molecule has 0 atom stereocenters. The summed E-state index contributed by atoms with van der Waals surface area (Å²) in [6.07, 6.45) is 9.41. The SMILES string of the molecule is CN(C)CCCCNC(=O)c1cn2c3cc4c5c(c(=O)c4cc3oc3c(NCCCN4CCOCC4)c(F)cc(c1=O)c32)C=CCC5. The van der Waals surface area contributed by atoms with Crippen LogP contribution in [0.15, 0.2) is 44.5 Å². The molecule has 2 aromatic heterocycles. The number of carbonyl (C=O) groups excluding carboxylic acids is 1. The third-order valence-corrected chi connectivity index (χ3v) is 9.37. The summed E-state index contributed by atoms with van der Waals surface area (Å²) >= 11 is 0. The van der Waals surface area contributed by atoms with Gasteiger partial charge in [-0.2, -0.15) is 0 Å². The number of aromatic nitrogens is 1. The molecule has 1 fully saturated rings. The van der Waals surface area contributed by atoms with E-state index in [2.05, 4.69) is 20.4 Å². The largest absolute Gasteiger partial charge is 0.451 e. The maximum absolute atomic E-state index is 15.9. The second-order valence-electron chi connectivity index (χ2n) is 12.8. The van der Waals surface area contributed by atoms with Crippen molar-refractivity contribution in [2.45, 2.75) is 32.1 Å². The average molecular weight is 642 g/mol. The van der Waals surface area contributed by atoms with Gasteiger partial charge in [0.1, 0.15) is 16.8 Å². The lowest BCUT2D eigenvalue weighted by Crippen LogP contribution is -2.37. The van der Waals surface area contributed by atoms with Gasteiger partial charge in [-0.25, -0.2) is 4.39 Å². The fraction of sp³-hybridized carbons (Fsp3) is 0.417. The van der Waals surface area contributed by atoms with Gasteiger partial charge in [0.05, 0.1) is 24.1 Å². The number of morpholine rings is 1. The molecule has 1 aliphatic heterocycles. The molecule has 3 aromatic carbocycles. The highest BCUT2D eigenvalue weighted by Gasteiger charge is 2.25. The number of pyridine rings is 1. The van der Waals surface area contributed by atoms with Crippen LogP contribution < -0.4 is 21.5 Å². The Labute approximate surface area is 271 Å². The van der Waals surface area contributed by atoms with Crippen molar-refractivity contribution in [3.05, 3.63) is 73.4 Å². The normalized spacial score (nSPS) is 15.4. The van der Waals surface area contributed by atoms with Crippen molar-refractivity contribution in [3.63, 3.8) is 0 Å². The van der Waals surface area contributed by atoms with Gasteiger partial charge in [0, 0.05) is 43.3 Å². The second-order valence-corrected chi connectivity index (χ2v) is 12.8. The summed E-state index contributed by atoms with van der Waals surface area (Å²) < 4.78 is 29.5. The van der Waals surface area contributed by atoms with E-state index < -0.39 is 17.2 Å². The van der Waals surface area contributed by atoms with Gasteiger partial charge >= 0.3 is 0 Å². The molecule has 11 heteroatoms. The number of nitrogens with one attached hydrogen (secondary N) is 2. The standard InChI is InChI=1S/C36H40FN5O5/c1-40(2)12-6-5-10-39-36(45)27-21-42-29-19-24-22-8-3-4-9-23(22)33(43)25(24)20-30(29)47-35-31(28(37)18-26(32(35)42)34(27)44)38-11-7-13-41-14-16-46-17-15-41/h4,9,18-21,38H,3,5-8,10-17H2,1-2H3,(H,39,45). The summed E-state index contributed by atoms with van der Waals surface area (Å²) in [7, 11) is 3.99. The molecule has 0 saturated carbocycles. The number of ether oxygens (including phenoxy) is 1. The molecule has 0 bridgehead atoms. The van der Waals surface area contributed by atoms with Crippen molar-refractivity contribution in [1.29, 1.82) is 0 Å². The predicted molar refractivity (Wildman–Crippen MR) is 184 cm³/mol. The smallest absolute Gasteiger partial charge is 0.256 e. The lowest BCUT2D eigenvalue weighted by atomic mass is 10.00. The number of unbranched alkanes of at least 4 members (excludes halogenated alkanes) is 1. The first kappa shape index (κ1) is 31.3. The minimum Gasteiger partial charge on any atom is -0.451 e. The van der Waals surface area contributed by atoms with Crippen molar-refractivity contribution in [2.24, 2.45) is 0 Å². The van der Waals surface area contributed by atoms with Crippen LogP contribution >= 0.6 is 0 Å². The minimum absolute atomic E-state index is 0.0550. The number of nitrogens with zero attached hydrogens (tertiary/aromatic N) is 3. The number of fused-ring (bicyclic) bond motifs is 5. The minimum atomic E-state index is -0.647. The highest BCUT2D eigenvalue weighted by Crippen LogP contribution is 2.36. The Kier molecular flexibility index (Phi) is 8.69. The fourth-order valence-electron chi connectivity index (χ4n) is 6.92. The number of carbonyl (C=O) groups is 1. The van der Waals surface area contributed by atoms with E-state index in [0.717, 1.165) is 69.2 Å². The van der Waals surface area contributed by atoms with Crippen molar-refractivity contribution < 1.29 is 18.3 Å². The maximum Gasteiger partial charge on any atom is 0.256 e. The molecule has 246 valence electrons. The first-order chi connectivity index (χ1) is 22.8. The van der Waals surface area contributed by atoms with Gasteiger partial charge in [0.15, 0.2) is 22.4 Å². The summed E-state index contributed by atoms with van der Waals surface area (Å²) in [6.45, 7) is 5.77. The molecule has 2 N–H and O–H groups in total. The van der Waals surface area contributed by atoms with E-state index in [0.29, 0.717) is 53.9 Å². The van der Waals surface area contributed by atoms with Crippen LogP contribution in [-0.4, -0.2) is 86.7 Å². The Hall–Kier alpha value is -4.32. The van der Waals surface area contributed by atoms with Gasteiger partial charge in [-0.15, -0.1) is 0 Å². The molecule has 3 heterocycles. The monoisotopic (exact) mass is 641 g/mol. The Morgan fingerprint density at radius 3 is 2.64 bits per heavy atom. The number of benzene rings is 2. The zero-order valence-electron chi connectivity index (χ0n) is 26.9. The molecule has 10 nitrogen and oxygen atoms in total. The lowest BCUT2D eigenvalue weighted by molar-refractivity contribution is 0.0378. The number of amides is 1. The quantitative estimate of drug-likeness (QED) is 0.124. The van der Waals surface area contributed by atoms with Crippen LogP contribution in [0.5, 0.6) is 0 Å². The number of hydrogen-bond acceptors (Lipinski definition) is 8. The molecule has 0 radical (unpaired) electrons. The summed E-state index contributed by atoms with van der Waals surface area (Å²) in [4.78, 5) is 45.0. The number of halogens is 1. The van der Waals surface area contributed by atoms with E-state index in [9.17, 15) is 14.4 Å². The number of allylic oxidation sites excluding steroid dienone is 1. The lowest BCUT2D eigenvalue weighted by Gasteiger charge is -2.26. The van der Waals surface area contributed by atoms with E-state index in [1.165, 1.54) is 12.3 Å². The van der Waals surface area contributed by atoms with Crippen LogP contribution in [0.25, 0.3) is 44.4 Å². The van der Waals surface area contributed by atoms with Gasteiger partial charge in [0.25, 0.3) is 5.91 Å². The molecule has 0 spiro atoms. The Morgan fingerprint density at radius 1 is 1.00 bits per heavy atom. The predicted octanol–water partition coefficient (Wildman–Crippen LogP) is 4.45. The third kappa shape index (κ3) is 5.88. The van der Waals surface area contributed by atoms with Gasteiger partial charge in [-0.1, -0.05) is 12.2 Å². The molecule has 7 rings (SSSR count). The first-order valence-corrected chi connectivity index (χ1v) is 16.5. The van der Waals surface area contributed by atoms with Crippen LogP contribution in [0, 0.1) is 5.82 Å². The van der Waals surface area contributed by atoms with Crippen molar-refractivity contribution in [1.82, 2.24) is 19.5 Å². The van der Waals surface area contributed by atoms with Gasteiger partial charge in [-0.05, 0) is 88.4 Å². The Morgan fingerprint density at radius 2 is 1.83 bits per heavy atom. The highest BCUT2D eigenvalue weighted by atomic mass is 19.1. The maximum atomic E-state index is 15.9. The van der Waals surface area contributed by atoms with E-state index in [4.69, 9.17) is 9.15 Å². The van der Waals surface area contributed by atoms with Gasteiger partial charge in [0.2, 0.25) is 5.43 Å². The van der Waals surface area contributed by atoms with E-state index in [1.807, 2.05) is 32.3 Å². The summed E-state index contributed by atoms with van der Waals surface area (Å²) in [6, 6.07) is 4.82. The van der Waals surface area contributed by atoms with Crippen LogP contribution in [0.2, 0.25) is 0 Å². The van der Waals surface area contributed by atoms with Crippen LogP contribution in [-0.2, 0) is 11.2 Å². The zero-order valence-corrected chi connectivity index (χ0v) is 26.9. The van der Waals surface area contributed by atoms with Crippen LogP contribution in [0.1, 0.15) is 47.2 Å². The molecule has 47 heavy (non-hydrogen) atoms. The molecular formula is C36H40FN5O5. The van der Waals surface area contributed by atoms with Gasteiger partial charge < -0.3 is 29.1 Å². The van der Waals surface area contributed by atoms with E-state index >= 15 is 4.39 Å². The topological polar surface area (TPSA) is 109 Å². The van der Waals surface area contributed by atoms with E-state index in [1.54, 1.807) is 10.5 Å². The van der Waals surface area contributed by atoms with Crippen LogP contribution in [0.3, 0.4) is 0 Å².